The van der Waals surface area contributed by atoms with Gasteiger partial charge in [0.25, 0.3) is 5.56 Å². The SMILES string of the molecule is Cc1nc2c(-c3ccc(C(F)(F)F)cc3F)cn([C@@H]3CCO[C@@H](c4cnn(C5CC5)c4)C3)c(=O)c2nc1C. The molecule has 1 aromatic carbocycles. The Morgan fingerprint density at radius 2 is 1.71 bits per heavy atom. The zero-order chi connectivity index (χ0) is 26.8. The van der Waals surface area contributed by atoms with Crippen LogP contribution in [0.2, 0.25) is 0 Å². The maximum atomic E-state index is 15.1. The number of halogens is 4. The number of fused-ring (bicyclic) bond motifs is 1. The molecule has 1 aliphatic carbocycles. The minimum atomic E-state index is -4.68. The smallest absolute Gasteiger partial charge is 0.373 e. The van der Waals surface area contributed by atoms with Crippen molar-refractivity contribution in [3.05, 3.63) is 75.5 Å². The molecule has 11 heteroatoms. The first-order valence-corrected chi connectivity index (χ1v) is 12.5. The molecule has 1 saturated heterocycles. The van der Waals surface area contributed by atoms with Crippen molar-refractivity contribution in [1.82, 2.24) is 24.3 Å². The monoisotopic (exact) mass is 527 g/mol. The van der Waals surface area contributed by atoms with Crippen LogP contribution in [0.15, 0.2) is 41.6 Å². The van der Waals surface area contributed by atoms with E-state index in [9.17, 15) is 18.0 Å². The van der Waals surface area contributed by atoms with Crippen molar-refractivity contribution in [3.63, 3.8) is 0 Å². The fourth-order valence-corrected chi connectivity index (χ4v) is 5.02. The molecule has 0 amide bonds. The fourth-order valence-electron chi connectivity index (χ4n) is 5.02. The lowest BCUT2D eigenvalue weighted by molar-refractivity contribution is -0.137. The summed E-state index contributed by atoms with van der Waals surface area (Å²) in [6, 6.07) is 2.51. The lowest BCUT2D eigenvalue weighted by Gasteiger charge is -2.31. The molecular weight excluding hydrogens is 502 g/mol. The third-order valence-corrected chi connectivity index (χ3v) is 7.42. The number of pyridine rings is 1. The first kappa shape index (κ1) is 24.7. The zero-order valence-electron chi connectivity index (χ0n) is 20.8. The van der Waals surface area contributed by atoms with Crippen LogP contribution in [0.25, 0.3) is 22.2 Å². The fraction of sp³-hybridized carbons (Fsp3) is 0.407. The van der Waals surface area contributed by atoms with E-state index in [4.69, 9.17) is 4.74 Å². The van der Waals surface area contributed by atoms with Gasteiger partial charge in [0, 0.05) is 41.7 Å². The minimum absolute atomic E-state index is 0.0505. The van der Waals surface area contributed by atoms with Gasteiger partial charge in [-0.05, 0) is 51.7 Å². The Bertz CT molecular complexity index is 1610. The van der Waals surface area contributed by atoms with Gasteiger partial charge < -0.3 is 9.30 Å². The molecule has 1 saturated carbocycles. The average Bonchev–Trinajstić information content (AvgIpc) is 3.61. The maximum Gasteiger partial charge on any atom is 0.416 e. The Kier molecular flexibility index (Phi) is 5.86. The number of alkyl halides is 3. The van der Waals surface area contributed by atoms with E-state index in [1.165, 1.54) is 10.8 Å². The lowest BCUT2D eigenvalue weighted by Crippen LogP contribution is -2.31. The summed E-state index contributed by atoms with van der Waals surface area (Å²) in [6.45, 7) is 3.83. The summed E-state index contributed by atoms with van der Waals surface area (Å²) < 4.78 is 64.2. The molecule has 1 aliphatic heterocycles. The van der Waals surface area contributed by atoms with Crippen molar-refractivity contribution < 1.29 is 22.3 Å². The molecular formula is C27H25F4N5O2. The van der Waals surface area contributed by atoms with Crippen LogP contribution in [-0.2, 0) is 10.9 Å². The Labute approximate surface area is 215 Å². The molecule has 6 rings (SSSR count). The van der Waals surface area contributed by atoms with Gasteiger partial charge in [-0.25, -0.2) is 14.4 Å². The number of hydrogen-bond donors (Lipinski definition) is 0. The number of nitrogens with zero attached hydrogens (tertiary/aromatic N) is 5. The Morgan fingerprint density at radius 1 is 0.974 bits per heavy atom. The average molecular weight is 528 g/mol. The summed E-state index contributed by atoms with van der Waals surface area (Å²) in [5.41, 5.74) is 0.882. The van der Waals surface area contributed by atoms with Gasteiger partial charge in [0.1, 0.15) is 11.3 Å². The summed E-state index contributed by atoms with van der Waals surface area (Å²) >= 11 is 0. The predicted octanol–water partition coefficient (Wildman–Crippen LogP) is 5.86. The molecule has 0 spiro atoms. The van der Waals surface area contributed by atoms with Gasteiger partial charge in [0.2, 0.25) is 0 Å². The number of benzene rings is 1. The quantitative estimate of drug-likeness (QED) is 0.311. The van der Waals surface area contributed by atoms with Gasteiger partial charge in [0.15, 0.2) is 5.52 Å². The lowest BCUT2D eigenvalue weighted by atomic mass is 9.98. The first-order valence-electron chi connectivity index (χ1n) is 12.5. The van der Waals surface area contributed by atoms with Gasteiger partial charge in [-0.1, -0.05) is 6.07 Å². The van der Waals surface area contributed by atoms with Gasteiger partial charge in [-0.2, -0.15) is 18.3 Å². The third-order valence-electron chi connectivity index (χ3n) is 7.42. The van der Waals surface area contributed by atoms with Gasteiger partial charge >= 0.3 is 6.18 Å². The van der Waals surface area contributed by atoms with Crippen LogP contribution in [-0.4, -0.2) is 30.9 Å². The second-order valence-corrected chi connectivity index (χ2v) is 10.1. The Hall–Kier alpha value is -3.60. The van der Waals surface area contributed by atoms with Crippen molar-refractivity contribution >= 4 is 11.0 Å². The highest BCUT2D eigenvalue weighted by molar-refractivity contribution is 5.91. The van der Waals surface area contributed by atoms with Crippen molar-refractivity contribution in [2.45, 2.75) is 63.9 Å². The number of hydrogen-bond acceptors (Lipinski definition) is 5. The van der Waals surface area contributed by atoms with Crippen molar-refractivity contribution in [1.29, 1.82) is 0 Å². The number of aromatic nitrogens is 5. The Balaban J connectivity index is 1.46. The zero-order valence-corrected chi connectivity index (χ0v) is 20.8. The minimum Gasteiger partial charge on any atom is -0.373 e. The van der Waals surface area contributed by atoms with E-state index >= 15 is 4.39 Å². The van der Waals surface area contributed by atoms with Crippen LogP contribution in [0.4, 0.5) is 17.6 Å². The number of rotatable bonds is 4. The van der Waals surface area contributed by atoms with E-state index in [1.54, 1.807) is 20.0 Å². The predicted molar refractivity (Wildman–Crippen MR) is 131 cm³/mol. The van der Waals surface area contributed by atoms with E-state index < -0.39 is 17.6 Å². The van der Waals surface area contributed by atoms with Crippen LogP contribution in [0.1, 0.15) is 66.4 Å². The molecule has 0 bridgehead atoms. The van der Waals surface area contributed by atoms with Crippen LogP contribution < -0.4 is 5.56 Å². The summed E-state index contributed by atoms with van der Waals surface area (Å²) in [5.74, 6) is -1.05. The molecule has 38 heavy (non-hydrogen) atoms. The van der Waals surface area contributed by atoms with Gasteiger partial charge in [0.05, 0.1) is 35.3 Å². The summed E-state index contributed by atoms with van der Waals surface area (Å²) in [7, 11) is 0. The standard InChI is InChI=1S/C27H25F4N5O2/c1-14-15(2)34-25-24(33-14)21(20-6-3-17(9-22(20)28)27(29,30)31)13-35(26(25)37)19-7-8-38-23(10-19)16-11-32-36(12-16)18-4-5-18/h3,6,9,11-13,18-19,23H,4-5,7-8,10H2,1-2H3/t19-,23-/m1/s1. The van der Waals surface area contributed by atoms with Gasteiger partial charge in [-0.15, -0.1) is 0 Å². The highest BCUT2D eigenvalue weighted by atomic mass is 19.4. The van der Waals surface area contributed by atoms with Crippen LogP contribution in [0.3, 0.4) is 0 Å². The van der Waals surface area contributed by atoms with Crippen molar-refractivity contribution in [2.24, 2.45) is 0 Å². The summed E-state index contributed by atoms with van der Waals surface area (Å²) in [5, 5.41) is 4.44. The van der Waals surface area contributed by atoms with E-state index in [0.29, 0.717) is 42.9 Å². The summed E-state index contributed by atoms with van der Waals surface area (Å²) in [6.07, 6.45) is 3.53. The Morgan fingerprint density at radius 3 is 2.39 bits per heavy atom. The molecule has 198 valence electrons. The molecule has 3 aromatic heterocycles. The molecule has 7 nitrogen and oxygen atoms in total. The largest absolute Gasteiger partial charge is 0.416 e. The number of aryl methyl sites for hydroxylation is 2. The highest BCUT2D eigenvalue weighted by Crippen LogP contribution is 2.39. The van der Waals surface area contributed by atoms with Crippen molar-refractivity contribution in [2.75, 3.05) is 6.61 Å². The van der Waals surface area contributed by atoms with E-state index in [1.807, 2.05) is 10.9 Å². The van der Waals surface area contributed by atoms with Crippen LogP contribution in [0.5, 0.6) is 0 Å². The molecule has 0 unspecified atom stereocenters. The summed E-state index contributed by atoms with van der Waals surface area (Å²) in [4.78, 5) is 22.6. The van der Waals surface area contributed by atoms with E-state index in [-0.39, 0.29) is 39.9 Å². The normalized spacial score (nSPS) is 20.3. The second-order valence-electron chi connectivity index (χ2n) is 10.1. The number of ether oxygens (including phenoxy) is 1. The molecule has 4 heterocycles. The van der Waals surface area contributed by atoms with E-state index in [0.717, 1.165) is 30.5 Å². The van der Waals surface area contributed by atoms with Crippen LogP contribution >= 0.6 is 0 Å². The molecule has 0 N–H and O–H groups in total. The molecule has 0 radical (unpaired) electrons. The molecule has 2 fully saturated rings. The highest BCUT2D eigenvalue weighted by Gasteiger charge is 2.33. The maximum absolute atomic E-state index is 15.1. The molecule has 4 aromatic rings. The van der Waals surface area contributed by atoms with Gasteiger partial charge in [-0.3, -0.25) is 9.48 Å². The van der Waals surface area contributed by atoms with E-state index in [2.05, 4.69) is 15.1 Å². The van der Waals surface area contributed by atoms with Crippen molar-refractivity contribution in [3.8, 4) is 11.1 Å². The third kappa shape index (κ3) is 4.38. The molecule has 2 aliphatic rings. The topological polar surface area (TPSA) is 74.8 Å². The second kappa shape index (κ2) is 9.00. The van der Waals surface area contributed by atoms with Crippen LogP contribution in [0, 0.1) is 19.7 Å². The first-order chi connectivity index (χ1) is 18.1. The molecule has 2 atom stereocenters.